The largest absolute Gasteiger partial charge is 0.503 e. The van der Waals surface area contributed by atoms with Crippen molar-refractivity contribution in [1.29, 1.82) is 0 Å². The summed E-state index contributed by atoms with van der Waals surface area (Å²) in [5.41, 5.74) is -4.06. The van der Waals surface area contributed by atoms with E-state index < -0.39 is 58.1 Å². The summed E-state index contributed by atoms with van der Waals surface area (Å²) in [5, 5.41) is 23.6. The number of aliphatic hydroxyl groups is 1. The minimum atomic E-state index is -3.17. The summed E-state index contributed by atoms with van der Waals surface area (Å²) < 4.78 is 42.7. The molecule has 2 atom stereocenters. The average Bonchev–Trinajstić information content (AvgIpc) is 2.91. The van der Waals surface area contributed by atoms with Crippen molar-refractivity contribution < 1.29 is 33.0 Å². The van der Waals surface area contributed by atoms with E-state index in [1.165, 1.54) is 17.0 Å². The number of hydrogen-bond acceptors (Lipinski definition) is 5. The number of alkyl halides is 2. The first-order valence-corrected chi connectivity index (χ1v) is 10.4. The van der Waals surface area contributed by atoms with E-state index in [2.05, 4.69) is 5.32 Å². The van der Waals surface area contributed by atoms with Gasteiger partial charge in [0.25, 0.3) is 18.2 Å². The zero-order valence-electron chi connectivity index (χ0n) is 17.6. The Morgan fingerprint density at radius 3 is 2.73 bits per heavy atom. The molecule has 0 saturated carbocycles. The molecule has 2 aliphatic rings. The molecule has 1 aromatic carbocycles. The monoisotopic (exact) mass is 465 g/mol. The van der Waals surface area contributed by atoms with Crippen molar-refractivity contribution in [2.24, 2.45) is 0 Å². The number of aryl methyl sites for hydroxylation is 1. The molecule has 8 nitrogen and oxygen atoms in total. The summed E-state index contributed by atoms with van der Waals surface area (Å²) in [6.07, 6.45) is -2.50. The van der Waals surface area contributed by atoms with Gasteiger partial charge < -0.3 is 25.0 Å². The maximum absolute atomic E-state index is 14.1. The molecule has 2 amide bonds. The Morgan fingerprint density at radius 2 is 2.06 bits per heavy atom. The highest BCUT2D eigenvalue weighted by atomic mass is 19.3. The first-order chi connectivity index (χ1) is 15.5. The topological polar surface area (TPSA) is 112 Å². The molecule has 0 spiro atoms. The summed E-state index contributed by atoms with van der Waals surface area (Å²) >= 11 is 0. The second kappa shape index (κ2) is 8.22. The van der Waals surface area contributed by atoms with E-state index in [-0.39, 0.29) is 38.0 Å². The minimum Gasteiger partial charge on any atom is -0.503 e. The number of halogens is 3. The summed E-state index contributed by atoms with van der Waals surface area (Å²) in [6, 6.07) is 2.98. The quantitative estimate of drug-likeness (QED) is 0.637. The van der Waals surface area contributed by atoms with Crippen LogP contribution in [0.15, 0.2) is 29.2 Å². The third-order valence-electron chi connectivity index (χ3n) is 6.28. The van der Waals surface area contributed by atoms with Gasteiger partial charge in [0.1, 0.15) is 17.0 Å². The van der Waals surface area contributed by atoms with Crippen LogP contribution in [0, 0.1) is 12.7 Å². The second-order valence-corrected chi connectivity index (χ2v) is 8.42. The van der Waals surface area contributed by atoms with Crippen LogP contribution in [-0.2, 0) is 6.54 Å². The SMILES string of the molecule is Cc1ccc(CNC(=O)c2cn3c(c(O)c2=O)C(=O)N2CCCC(O)(C(F)F)[C@H]3C2)c(F)c1. The lowest BCUT2D eigenvalue weighted by Crippen LogP contribution is -2.53. The third-order valence-corrected chi connectivity index (χ3v) is 6.28. The fraction of sp³-hybridized carbons (Fsp3) is 0.409. The van der Waals surface area contributed by atoms with Gasteiger partial charge in [-0.1, -0.05) is 12.1 Å². The third kappa shape index (κ3) is 3.75. The highest BCUT2D eigenvalue weighted by Crippen LogP contribution is 2.41. The predicted octanol–water partition coefficient (Wildman–Crippen LogP) is 1.72. The minimum absolute atomic E-state index is 0.0718. The number of amides is 2. The zero-order valence-corrected chi connectivity index (χ0v) is 17.6. The van der Waals surface area contributed by atoms with Crippen LogP contribution in [0.1, 0.15) is 50.9 Å². The molecular formula is C22H22F3N3O5. The van der Waals surface area contributed by atoms with Gasteiger partial charge in [0.05, 0.1) is 6.04 Å². The highest BCUT2D eigenvalue weighted by Gasteiger charge is 2.52. The Hall–Kier alpha value is -3.34. The van der Waals surface area contributed by atoms with E-state index >= 15 is 0 Å². The maximum Gasteiger partial charge on any atom is 0.274 e. The fourth-order valence-corrected chi connectivity index (χ4v) is 4.40. The Balaban J connectivity index is 1.74. The molecule has 33 heavy (non-hydrogen) atoms. The number of fused-ring (bicyclic) bond motifs is 4. The Morgan fingerprint density at radius 1 is 1.33 bits per heavy atom. The lowest BCUT2D eigenvalue weighted by Gasteiger charge is -2.41. The van der Waals surface area contributed by atoms with Gasteiger partial charge in [-0.15, -0.1) is 0 Å². The van der Waals surface area contributed by atoms with Gasteiger partial charge in [-0.3, -0.25) is 14.4 Å². The predicted molar refractivity (Wildman–Crippen MR) is 110 cm³/mol. The van der Waals surface area contributed by atoms with Crippen molar-refractivity contribution in [2.45, 2.75) is 44.4 Å². The molecule has 1 unspecified atom stereocenters. The van der Waals surface area contributed by atoms with Crippen molar-refractivity contribution >= 4 is 11.8 Å². The number of pyridine rings is 1. The van der Waals surface area contributed by atoms with E-state index in [1.807, 2.05) is 0 Å². The van der Waals surface area contributed by atoms with Crippen LogP contribution in [0.3, 0.4) is 0 Å². The Bertz CT molecular complexity index is 1200. The number of carbonyl (C=O) groups excluding carboxylic acids is 2. The van der Waals surface area contributed by atoms with Crippen LogP contribution in [0.4, 0.5) is 13.2 Å². The highest BCUT2D eigenvalue weighted by molar-refractivity contribution is 5.99. The van der Waals surface area contributed by atoms with Crippen molar-refractivity contribution in [2.75, 3.05) is 13.1 Å². The van der Waals surface area contributed by atoms with E-state index in [4.69, 9.17) is 0 Å². The second-order valence-electron chi connectivity index (χ2n) is 8.42. The number of rotatable bonds is 4. The smallest absolute Gasteiger partial charge is 0.274 e. The number of aromatic nitrogens is 1. The van der Waals surface area contributed by atoms with E-state index in [1.54, 1.807) is 13.0 Å². The summed E-state index contributed by atoms with van der Waals surface area (Å²) in [7, 11) is 0. The summed E-state index contributed by atoms with van der Waals surface area (Å²) in [6.45, 7) is 1.22. The Kier molecular flexibility index (Phi) is 5.69. The maximum atomic E-state index is 14.1. The Labute approximate surface area is 186 Å². The molecule has 1 saturated heterocycles. The van der Waals surface area contributed by atoms with Crippen LogP contribution in [0.25, 0.3) is 0 Å². The van der Waals surface area contributed by atoms with Crippen LogP contribution in [0.5, 0.6) is 5.75 Å². The molecule has 3 N–H and O–H groups in total. The number of nitrogens with zero attached hydrogens (tertiary/aromatic N) is 2. The number of nitrogens with one attached hydrogen (secondary N) is 1. The lowest BCUT2D eigenvalue weighted by molar-refractivity contribution is -0.132. The van der Waals surface area contributed by atoms with E-state index in [9.17, 15) is 37.8 Å². The molecule has 2 bridgehead atoms. The van der Waals surface area contributed by atoms with Gasteiger partial charge in [0.15, 0.2) is 11.4 Å². The van der Waals surface area contributed by atoms with Crippen molar-refractivity contribution in [3.63, 3.8) is 0 Å². The molecule has 1 aromatic heterocycles. The molecule has 4 rings (SSSR count). The first-order valence-electron chi connectivity index (χ1n) is 10.4. The van der Waals surface area contributed by atoms with Crippen LogP contribution in [0.2, 0.25) is 0 Å². The van der Waals surface area contributed by atoms with Crippen molar-refractivity contribution in [3.05, 3.63) is 62.8 Å². The number of carbonyl (C=O) groups is 2. The molecule has 2 aromatic rings. The van der Waals surface area contributed by atoms with E-state index in [0.717, 1.165) is 10.8 Å². The van der Waals surface area contributed by atoms with Gasteiger partial charge in [0.2, 0.25) is 5.43 Å². The van der Waals surface area contributed by atoms with E-state index in [0.29, 0.717) is 5.56 Å². The lowest BCUT2D eigenvalue weighted by atomic mass is 9.88. The fourth-order valence-electron chi connectivity index (χ4n) is 4.40. The van der Waals surface area contributed by atoms with Gasteiger partial charge in [0, 0.05) is 31.4 Å². The summed E-state index contributed by atoms with van der Waals surface area (Å²) in [5.74, 6) is -3.38. The summed E-state index contributed by atoms with van der Waals surface area (Å²) in [4.78, 5) is 39.4. The number of benzene rings is 1. The van der Waals surface area contributed by atoms with Crippen LogP contribution >= 0.6 is 0 Å². The first kappa shape index (κ1) is 22.8. The normalized spacial score (nSPS) is 22.2. The average molecular weight is 465 g/mol. The molecule has 0 aliphatic carbocycles. The molecular weight excluding hydrogens is 443 g/mol. The molecule has 1 fully saturated rings. The number of aromatic hydroxyl groups is 1. The molecule has 11 heteroatoms. The van der Waals surface area contributed by atoms with Crippen molar-refractivity contribution in [1.82, 2.24) is 14.8 Å². The van der Waals surface area contributed by atoms with Gasteiger partial charge in [-0.25, -0.2) is 13.2 Å². The molecule has 3 heterocycles. The standard InChI is InChI=1S/C22H22F3N3O5/c1-11-3-4-12(14(23)7-11)8-26-19(31)13-9-28-15-10-27(6-2-5-22(15,33)21(24)25)20(32)16(28)18(30)17(13)29/h3-4,7,9,15,21,30,33H,2,5-6,8,10H2,1H3,(H,26,31)/t15-,22?/m1/s1. The molecule has 0 radical (unpaired) electrons. The van der Waals surface area contributed by atoms with Crippen LogP contribution < -0.4 is 10.7 Å². The number of hydrogen-bond donors (Lipinski definition) is 3. The van der Waals surface area contributed by atoms with Crippen molar-refractivity contribution in [3.8, 4) is 5.75 Å². The van der Waals surface area contributed by atoms with Gasteiger partial charge in [-0.05, 0) is 31.4 Å². The molecule has 176 valence electrons. The van der Waals surface area contributed by atoms with Crippen LogP contribution in [-0.4, -0.2) is 56.6 Å². The van der Waals surface area contributed by atoms with Gasteiger partial charge >= 0.3 is 0 Å². The zero-order chi connectivity index (χ0) is 24.1. The molecule has 2 aliphatic heterocycles. The van der Waals surface area contributed by atoms with Gasteiger partial charge in [-0.2, -0.15) is 0 Å².